The van der Waals surface area contributed by atoms with Crippen LogP contribution in [0.4, 0.5) is 0 Å². The zero-order valence-corrected chi connectivity index (χ0v) is 10.2. The summed E-state index contributed by atoms with van der Waals surface area (Å²) in [6.45, 7) is -0.159. The van der Waals surface area contributed by atoms with Gasteiger partial charge in [0.2, 0.25) is 0 Å². The monoisotopic (exact) mass is 278 g/mol. The number of rotatable bonds is 2. The van der Waals surface area contributed by atoms with E-state index in [1.54, 1.807) is 0 Å². The second-order valence-electron chi connectivity index (χ2n) is 3.76. The second kappa shape index (κ2) is 4.85. The molecule has 2 heterocycles. The molecule has 3 N–H and O–H groups in total. The van der Waals surface area contributed by atoms with Gasteiger partial charge in [-0.1, -0.05) is 11.6 Å². The molecule has 2 rings (SSSR count). The molecule has 0 radical (unpaired) electrons. The largest absolute Gasteiger partial charge is 0.395 e. The van der Waals surface area contributed by atoms with E-state index in [4.69, 9.17) is 16.7 Å². The molecule has 1 fully saturated rings. The SMILES string of the molecule is O=c1[nH]c(=O)n([C@H]2CC(O)C(CO)S2)cc1Cl. The van der Waals surface area contributed by atoms with E-state index in [9.17, 15) is 14.7 Å². The first-order valence-corrected chi connectivity index (χ1v) is 6.30. The molecule has 0 bridgehead atoms. The van der Waals surface area contributed by atoms with E-state index < -0.39 is 17.4 Å². The highest BCUT2D eigenvalue weighted by Crippen LogP contribution is 2.40. The van der Waals surface area contributed by atoms with Crippen molar-refractivity contribution in [1.82, 2.24) is 9.55 Å². The molecule has 8 heteroatoms. The second-order valence-corrected chi connectivity index (χ2v) is 5.59. The zero-order valence-electron chi connectivity index (χ0n) is 8.67. The molecular weight excluding hydrogens is 268 g/mol. The number of nitrogens with zero attached hydrogens (tertiary/aromatic N) is 1. The lowest BCUT2D eigenvalue weighted by Crippen LogP contribution is -2.31. The van der Waals surface area contributed by atoms with Gasteiger partial charge in [-0.3, -0.25) is 14.3 Å². The van der Waals surface area contributed by atoms with Gasteiger partial charge >= 0.3 is 5.69 Å². The van der Waals surface area contributed by atoms with Crippen LogP contribution in [-0.2, 0) is 0 Å². The fraction of sp³-hybridized carbons (Fsp3) is 0.556. The summed E-state index contributed by atoms with van der Waals surface area (Å²) in [7, 11) is 0. The van der Waals surface area contributed by atoms with E-state index in [-0.39, 0.29) is 22.3 Å². The van der Waals surface area contributed by atoms with Crippen molar-refractivity contribution >= 4 is 23.4 Å². The van der Waals surface area contributed by atoms with Crippen molar-refractivity contribution in [1.29, 1.82) is 0 Å². The number of aromatic amines is 1. The summed E-state index contributed by atoms with van der Waals surface area (Å²) in [6, 6.07) is 0. The Labute approximate surface area is 105 Å². The van der Waals surface area contributed by atoms with Gasteiger partial charge in [0.15, 0.2) is 0 Å². The number of aliphatic hydroxyl groups is 2. The van der Waals surface area contributed by atoms with Crippen LogP contribution >= 0.6 is 23.4 Å². The molecular formula is C9H11ClN2O4S. The molecule has 94 valence electrons. The highest BCUT2D eigenvalue weighted by atomic mass is 35.5. The standard InChI is InChI=1S/C9H11ClN2O4S/c10-4-2-12(9(16)11-8(4)15)7-1-5(14)6(3-13)17-7/h2,5-7,13-14H,1,3H2,(H,11,15,16)/t5?,6?,7-/m1/s1. The third kappa shape index (κ3) is 2.42. The van der Waals surface area contributed by atoms with Crippen molar-refractivity contribution in [2.24, 2.45) is 0 Å². The minimum Gasteiger partial charge on any atom is -0.395 e. The van der Waals surface area contributed by atoms with Crippen LogP contribution in [0.2, 0.25) is 5.02 Å². The third-order valence-electron chi connectivity index (χ3n) is 2.62. The summed E-state index contributed by atoms with van der Waals surface area (Å²) < 4.78 is 1.27. The number of hydrogen-bond acceptors (Lipinski definition) is 5. The number of hydrogen-bond donors (Lipinski definition) is 3. The Bertz CT molecular complexity index is 528. The number of aliphatic hydroxyl groups excluding tert-OH is 2. The normalized spacial score (nSPS) is 28.5. The fourth-order valence-electron chi connectivity index (χ4n) is 1.72. The Morgan fingerprint density at radius 3 is 2.88 bits per heavy atom. The molecule has 1 saturated heterocycles. The Morgan fingerprint density at radius 1 is 1.59 bits per heavy atom. The molecule has 0 spiro atoms. The highest BCUT2D eigenvalue weighted by molar-refractivity contribution is 8.00. The van der Waals surface area contributed by atoms with E-state index in [0.717, 1.165) is 0 Å². The minimum atomic E-state index is -0.674. The van der Waals surface area contributed by atoms with Crippen LogP contribution in [0.15, 0.2) is 15.8 Å². The molecule has 0 aromatic carbocycles. The van der Waals surface area contributed by atoms with Crippen LogP contribution in [0.5, 0.6) is 0 Å². The topological polar surface area (TPSA) is 95.3 Å². The van der Waals surface area contributed by atoms with Crippen molar-refractivity contribution in [3.05, 3.63) is 32.1 Å². The van der Waals surface area contributed by atoms with E-state index in [1.165, 1.54) is 22.5 Å². The van der Waals surface area contributed by atoms with Crippen LogP contribution in [0.25, 0.3) is 0 Å². The predicted octanol–water partition coefficient (Wildman–Crippen LogP) is -0.453. The van der Waals surface area contributed by atoms with Gasteiger partial charge in [-0.15, -0.1) is 11.8 Å². The molecule has 1 aliphatic rings. The molecule has 0 aliphatic carbocycles. The lowest BCUT2D eigenvalue weighted by Gasteiger charge is -2.12. The maximum absolute atomic E-state index is 11.6. The zero-order chi connectivity index (χ0) is 12.6. The number of thioether (sulfide) groups is 1. The molecule has 17 heavy (non-hydrogen) atoms. The quantitative estimate of drug-likeness (QED) is 0.681. The smallest absolute Gasteiger partial charge is 0.329 e. The molecule has 1 aromatic rings. The van der Waals surface area contributed by atoms with Crippen LogP contribution in [0.1, 0.15) is 11.8 Å². The first-order chi connectivity index (χ1) is 8.02. The lowest BCUT2D eigenvalue weighted by atomic mass is 10.2. The van der Waals surface area contributed by atoms with Crippen LogP contribution in [0.3, 0.4) is 0 Å². The first-order valence-electron chi connectivity index (χ1n) is 4.98. The van der Waals surface area contributed by atoms with Gasteiger partial charge in [0.05, 0.1) is 23.3 Å². The lowest BCUT2D eigenvalue weighted by molar-refractivity contribution is 0.137. The molecule has 2 unspecified atom stereocenters. The summed E-state index contributed by atoms with van der Waals surface area (Å²) in [5, 5.41) is 17.9. The van der Waals surface area contributed by atoms with Gasteiger partial charge in [-0.05, 0) is 0 Å². The first kappa shape index (κ1) is 12.7. The molecule has 6 nitrogen and oxygen atoms in total. The summed E-state index contributed by atoms with van der Waals surface area (Å²) in [6.07, 6.45) is 0.915. The van der Waals surface area contributed by atoms with Crippen LogP contribution < -0.4 is 11.2 Å². The van der Waals surface area contributed by atoms with E-state index in [2.05, 4.69) is 4.98 Å². The van der Waals surface area contributed by atoms with Crippen LogP contribution in [0, 0.1) is 0 Å². The minimum absolute atomic E-state index is 0.0767. The van der Waals surface area contributed by atoms with Gasteiger partial charge in [0.1, 0.15) is 5.02 Å². The van der Waals surface area contributed by atoms with Gasteiger partial charge in [0, 0.05) is 12.6 Å². The maximum atomic E-state index is 11.6. The van der Waals surface area contributed by atoms with Crippen molar-refractivity contribution < 1.29 is 10.2 Å². The molecule has 1 aliphatic heterocycles. The number of H-pyrrole nitrogens is 1. The Balaban J connectivity index is 2.34. The van der Waals surface area contributed by atoms with E-state index in [1.807, 2.05) is 0 Å². The van der Waals surface area contributed by atoms with Gasteiger partial charge in [0.25, 0.3) is 5.56 Å². The Hall–Kier alpha value is -0.760. The fourth-order valence-corrected chi connectivity index (χ4v) is 3.26. The maximum Gasteiger partial charge on any atom is 0.329 e. The van der Waals surface area contributed by atoms with Crippen molar-refractivity contribution in [2.75, 3.05) is 6.61 Å². The van der Waals surface area contributed by atoms with Crippen molar-refractivity contribution in [3.63, 3.8) is 0 Å². The molecule has 0 saturated carbocycles. The molecule has 1 aromatic heterocycles. The van der Waals surface area contributed by atoms with Gasteiger partial charge in [-0.25, -0.2) is 4.79 Å². The summed E-state index contributed by atoms with van der Waals surface area (Å²) in [4.78, 5) is 24.8. The average molecular weight is 279 g/mol. The van der Waals surface area contributed by atoms with Gasteiger partial charge < -0.3 is 10.2 Å². The average Bonchev–Trinajstić information content (AvgIpc) is 2.65. The summed E-state index contributed by atoms with van der Waals surface area (Å²) in [5.74, 6) is 0. The Morgan fingerprint density at radius 2 is 2.29 bits per heavy atom. The molecule has 3 atom stereocenters. The van der Waals surface area contributed by atoms with Crippen molar-refractivity contribution in [2.45, 2.75) is 23.1 Å². The number of aromatic nitrogens is 2. The number of nitrogens with one attached hydrogen (secondary N) is 1. The third-order valence-corrected chi connectivity index (χ3v) is 4.43. The molecule has 0 amide bonds. The summed E-state index contributed by atoms with van der Waals surface area (Å²) in [5.41, 5.74) is -1.20. The van der Waals surface area contributed by atoms with E-state index in [0.29, 0.717) is 6.42 Å². The Kier molecular flexibility index (Phi) is 3.62. The van der Waals surface area contributed by atoms with E-state index >= 15 is 0 Å². The highest BCUT2D eigenvalue weighted by Gasteiger charge is 2.34. The predicted molar refractivity (Wildman–Crippen MR) is 64.5 cm³/mol. The van der Waals surface area contributed by atoms with Crippen LogP contribution in [-0.4, -0.2) is 37.7 Å². The van der Waals surface area contributed by atoms with Gasteiger partial charge in [-0.2, -0.15) is 0 Å². The summed E-state index contributed by atoms with van der Waals surface area (Å²) >= 11 is 6.93. The number of halogens is 1. The van der Waals surface area contributed by atoms with Crippen molar-refractivity contribution in [3.8, 4) is 0 Å².